The largest absolute Gasteiger partial charge is 0.481 e. The van der Waals surface area contributed by atoms with Crippen LogP contribution in [0.5, 0.6) is 5.88 Å². The Labute approximate surface area is 150 Å². The molecule has 0 radical (unpaired) electrons. The summed E-state index contributed by atoms with van der Waals surface area (Å²) in [4.78, 5) is 16.2. The maximum Gasteiger partial charge on any atom is 0.271 e. The molecule has 0 aliphatic rings. The first kappa shape index (κ1) is 17.6. The maximum absolute atomic E-state index is 13.9. The second-order valence-electron chi connectivity index (χ2n) is 5.72. The van der Waals surface area contributed by atoms with Gasteiger partial charge in [-0.15, -0.1) is 0 Å². The van der Waals surface area contributed by atoms with Gasteiger partial charge in [0.25, 0.3) is 5.91 Å². The van der Waals surface area contributed by atoms with Gasteiger partial charge < -0.3 is 10.1 Å². The van der Waals surface area contributed by atoms with E-state index in [1.807, 2.05) is 19.1 Å². The zero-order valence-electron chi connectivity index (χ0n) is 14.7. The van der Waals surface area contributed by atoms with Gasteiger partial charge in [0.2, 0.25) is 5.88 Å². The van der Waals surface area contributed by atoms with E-state index >= 15 is 0 Å². The minimum absolute atomic E-state index is 0.248. The molecular weight excluding hydrogens is 335 g/mol. The molecule has 1 amide bonds. The molecule has 2 aromatic heterocycles. The van der Waals surface area contributed by atoms with E-state index in [1.54, 1.807) is 29.1 Å². The van der Waals surface area contributed by atoms with Crippen molar-refractivity contribution in [3.05, 3.63) is 65.7 Å². The lowest BCUT2D eigenvalue weighted by Crippen LogP contribution is -2.19. The van der Waals surface area contributed by atoms with Crippen molar-refractivity contribution in [3.8, 4) is 17.1 Å². The van der Waals surface area contributed by atoms with E-state index in [2.05, 4.69) is 15.4 Å². The Morgan fingerprint density at radius 1 is 1.27 bits per heavy atom. The standard InChI is InChI=1S/C19H19FN4O2/c1-12(24-18(26-3)11-17(23-24)19(25)21-2)14-8-7-13(20)10-15(14)16-6-4-5-9-22-16/h4-12H,1-3H3,(H,21,25). The summed E-state index contributed by atoms with van der Waals surface area (Å²) in [6.45, 7) is 1.91. The molecule has 1 N–H and O–H groups in total. The maximum atomic E-state index is 13.9. The van der Waals surface area contributed by atoms with Crippen molar-refractivity contribution >= 4 is 5.91 Å². The minimum Gasteiger partial charge on any atom is -0.481 e. The van der Waals surface area contributed by atoms with Crippen molar-refractivity contribution in [1.82, 2.24) is 20.1 Å². The third kappa shape index (κ3) is 3.28. The van der Waals surface area contributed by atoms with Crippen molar-refractivity contribution < 1.29 is 13.9 Å². The highest BCUT2D eigenvalue weighted by Gasteiger charge is 2.21. The monoisotopic (exact) mass is 354 g/mol. The molecule has 0 fully saturated rings. The van der Waals surface area contributed by atoms with Gasteiger partial charge in [-0.25, -0.2) is 9.07 Å². The molecule has 26 heavy (non-hydrogen) atoms. The summed E-state index contributed by atoms with van der Waals surface area (Å²) in [6, 6.07) is 11.3. The van der Waals surface area contributed by atoms with Crippen LogP contribution in [0.2, 0.25) is 0 Å². The molecule has 1 unspecified atom stereocenters. The highest BCUT2D eigenvalue weighted by Crippen LogP contribution is 2.32. The fourth-order valence-electron chi connectivity index (χ4n) is 2.81. The first-order valence-corrected chi connectivity index (χ1v) is 8.11. The average molecular weight is 354 g/mol. The molecule has 1 aromatic carbocycles. The number of nitrogens with zero attached hydrogens (tertiary/aromatic N) is 3. The van der Waals surface area contributed by atoms with Gasteiger partial charge in [-0.3, -0.25) is 9.78 Å². The van der Waals surface area contributed by atoms with Crippen molar-refractivity contribution in [1.29, 1.82) is 0 Å². The molecular formula is C19H19FN4O2. The van der Waals surface area contributed by atoms with Crippen LogP contribution in [0.15, 0.2) is 48.7 Å². The van der Waals surface area contributed by atoms with Crippen LogP contribution < -0.4 is 10.1 Å². The second kappa shape index (κ2) is 7.35. The molecule has 3 rings (SSSR count). The van der Waals surface area contributed by atoms with Crippen LogP contribution in [0.4, 0.5) is 4.39 Å². The van der Waals surface area contributed by atoms with E-state index in [4.69, 9.17) is 4.74 Å². The van der Waals surface area contributed by atoms with Gasteiger partial charge in [0.05, 0.1) is 18.8 Å². The zero-order valence-corrected chi connectivity index (χ0v) is 14.7. The number of ether oxygens (including phenoxy) is 1. The Bertz CT molecular complexity index is 925. The molecule has 2 heterocycles. The van der Waals surface area contributed by atoms with Gasteiger partial charge in [-0.2, -0.15) is 5.10 Å². The normalized spacial score (nSPS) is 11.8. The van der Waals surface area contributed by atoms with Gasteiger partial charge in [-0.1, -0.05) is 12.1 Å². The van der Waals surface area contributed by atoms with E-state index in [0.717, 1.165) is 5.56 Å². The van der Waals surface area contributed by atoms with Crippen LogP contribution in [0.3, 0.4) is 0 Å². The van der Waals surface area contributed by atoms with Crippen LogP contribution in [0, 0.1) is 5.82 Å². The van der Waals surface area contributed by atoms with Crippen molar-refractivity contribution in [2.45, 2.75) is 13.0 Å². The van der Waals surface area contributed by atoms with E-state index in [0.29, 0.717) is 17.1 Å². The highest BCUT2D eigenvalue weighted by atomic mass is 19.1. The van der Waals surface area contributed by atoms with E-state index in [9.17, 15) is 9.18 Å². The summed E-state index contributed by atoms with van der Waals surface area (Å²) < 4.78 is 20.8. The first-order valence-electron chi connectivity index (χ1n) is 8.11. The van der Waals surface area contributed by atoms with Crippen LogP contribution in [0.25, 0.3) is 11.3 Å². The van der Waals surface area contributed by atoms with Crippen molar-refractivity contribution in [2.75, 3.05) is 14.2 Å². The van der Waals surface area contributed by atoms with Crippen molar-refractivity contribution in [2.24, 2.45) is 0 Å². The number of benzene rings is 1. The quantitative estimate of drug-likeness (QED) is 0.765. The molecule has 3 aromatic rings. The molecule has 1 atom stereocenters. The van der Waals surface area contributed by atoms with Gasteiger partial charge in [-0.05, 0) is 36.8 Å². The topological polar surface area (TPSA) is 69.0 Å². The fraction of sp³-hybridized carbons (Fsp3) is 0.211. The second-order valence-corrected chi connectivity index (χ2v) is 5.72. The number of rotatable bonds is 5. The number of carbonyl (C=O) groups is 1. The van der Waals surface area contributed by atoms with Crippen LogP contribution in [0.1, 0.15) is 29.0 Å². The van der Waals surface area contributed by atoms with E-state index in [-0.39, 0.29) is 23.5 Å². The minimum atomic E-state index is -0.347. The summed E-state index contributed by atoms with van der Waals surface area (Å²) in [7, 11) is 3.05. The lowest BCUT2D eigenvalue weighted by Gasteiger charge is -2.18. The van der Waals surface area contributed by atoms with E-state index in [1.165, 1.54) is 26.3 Å². The molecule has 0 bridgehead atoms. The Morgan fingerprint density at radius 3 is 2.73 bits per heavy atom. The molecule has 0 spiro atoms. The Hall–Kier alpha value is -3.22. The summed E-state index contributed by atoms with van der Waals surface area (Å²) >= 11 is 0. The number of aromatic nitrogens is 3. The van der Waals surface area contributed by atoms with Crippen LogP contribution in [-0.2, 0) is 0 Å². The number of methoxy groups -OCH3 is 1. The number of carbonyl (C=O) groups excluding carboxylic acids is 1. The molecule has 6 nitrogen and oxygen atoms in total. The highest BCUT2D eigenvalue weighted by molar-refractivity contribution is 5.92. The van der Waals surface area contributed by atoms with Gasteiger partial charge in [0.15, 0.2) is 5.69 Å². The Balaban J connectivity index is 2.10. The number of hydrogen-bond acceptors (Lipinski definition) is 4. The average Bonchev–Trinajstić information content (AvgIpc) is 3.12. The number of nitrogens with one attached hydrogen (secondary N) is 1. The summed E-state index contributed by atoms with van der Waals surface area (Å²) in [5.74, 6) is -0.217. The predicted molar refractivity (Wildman–Crippen MR) is 95.6 cm³/mol. The lowest BCUT2D eigenvalue weighted by molar-refractivity contribution is 0.0957. The Kier molecular flexibility index (Phi) is 4.97. The van der Waals surface area contributed by atoms with Crippen LogP contribution in [-0.4, -0.2) is 34.8 Å². The molecule has 0 saturated heterocycles. The third-order valence-corrected chi connectivity index (χ3v) is 4.14. The summed E-state index contributed by atoms with van der Waals surface area (Å²) in [6.07, 6.45) is 1.66. The lowest BCUT2D eigenvalue weighted by atomic mass is 9.98. The SMILES string of the molecule is CNC(=O)c1cc(OC)n(C(C)c2ccc(F)cc2-c2ccccn2)n1. The smallest absolute Gasteiger partial charge is 0.271 e. The summed E-state index contributed by atoms with van der Waals surface area (Å²) in [5.41, 5.74) is 2.39. The molecule has 134 valence electrons. The van der Waals surface area contributed by atoms with Gasteiger partial charge in [0, 0.05) is 24.9 Å². The first-order chi connectivity index (χ1) is 12.5. The zero-order chi connectivity index (χ0) is 18.7. The van der Waals surface area contributed by atoms with Gasteiger partial charge >= 0.3 is 0 Å². The predicted octanol–water partition coefficient (Wildman–Crippen LogP) is 3.06. The number of amides is 1. The van der Waals surface area contributed by atoms with E-state index < -0.39 is 0 Å². The summed E-state index contributed by atoms with van der Waals surface area (Å²) in [5, 5.41) is 6.89. The van der Waals surface area contributed by atoms with Crippen molar-refractivity contribution in [3.63, 3.8) is 0 Å². The molecule has 0 saturated carbocycles. The fourth-order valence-corrected chi connectivity index (χ4v) is 2.81. The van der Waals surface area contributed by atoms with Gasteiger partial charge in [0.1, 0.15) is 5.82 Å². The third-order valence-electron chi connectivity index (χ3n) is 4.14. The molecule has 0 aliphatic carbocycles. The molecule has 0 aliphatic heterocycles. The number of hydrogen-bond donors (Lipinski definition) is 1. The van der Waals surface area contributed by atoms with Crippen LogP contribution >= 0.6 is 0 Å². The number of pyridine rings is 1. The molecule has 7 heteroatoms. The number of halogens is 1. The Morgan fingerprint density at radius 2 is 2.08 bits per heavy atom.